The van der Waals surface area contributed by atoms with E-state index in [0.29, 0.717) is 0 Å². The van der Waals surface area contributed by atoms with Gasteiger partial charge >= 0.3 is 157 Å². The van der Waals surface area contributed by atoms with Crippen molar-refractivity contribution in [3.05, 3.63) is 0 Å². The van der Waals surface area contributed by atoms with Gasteiger partial charge in [-0.15, -0.1) is 0 Å². The standard InChI is InChI=1S/HI11/c1-7-9(4)11(6)10(5)8(2)3/h7H/i7D. The molecule has 0 nitrogen and oxygen atoms in total. The van der Waals surface area contributed by atoms with Crippen LogP contribution in [0.2, 0.25) is 0 Å². The molecule has 0 spiro atoms. The van der Waals surface area contributed by atoms with E-state index in [-0.39, 0.29) is 0 Å². The first-order valence-corrected chi connectivity index (χ1v) is 64.3. The van der Waals surface area contributed by atoms with Crippen molar-refractivity contribution in [3.8, 4) is 0 Å². The molecule has 78 valence electrons. The van der Waals surface area contributed by atoms with E-state index in [1.165, 1.54) is 0 Å². The summed E-state index contributed by atoms with van der Waals surface area (Å²) in [5.41, 5.74) is 0. The van der Waals surface area contributed by atoms with Crippen molar-refractivity contribution in [2.45, 2.75) is 0 Å². The summed E-state index contributed by atoms with van der Waals surface area (Å²) in [5, 5.41) is 0. The normalized spacial score (nSPS) is 18.4. The Balaban J connectivity index is 4.08. The summed E-state index contributed by atoms with van der Waals surface area (Å²) in [4.78, 5) is 0. The molecular formula is HI11. The average Bonchev–Trinajstić information content (AvgIpc) is 2.00. The Labute approximate surface area is 149 Å². The third kappa shape index (κ3) is 9.55. The van der Waals surface area contributed by atoms with Crippen LogP contribution in [0.25, 0.3) is 0 Å². The van der Waals surface area contributed by atoms with Gasteiger partial charge in [0.1, 0.15) is 0 Å². The number of hydrogen-bond acceptors (Lipinski definition) is 0. The van der Waals surface area contributed by atoms with Gasteiger partial charge in [-0.05, 0) is 0 Å². The van der Waals surface area contributed by atoms with E-state index >= 15 is 0 Å². The minimum absolute atomic E-state index is 0.434. The predicted octanol–water partition coefficient (Wildman–Crippen LogP) is 9.47. The van der Waals surface area contributed by atoms with E-state index in [4.69, 9.17) is 0.594 Å². The molecule has 0 aliphatic rings. The first-order valence-electron chi connectivity index (χ1n) is 1.81. The molecule has 0 fully saturated rings. The molecule has 11 heavy (non-hydrogen) atoms. The SMILES string of the molecule is [2H]I(I)I(I)I(I)I(I)I(I)I. The van der Waals surface area contributed by atoms with Crippen LogP contribution in [0.1, 0.15) is 0 Å². The van der Waals surface area contributed by atoms with Crippen molar-refractivity contribution in [1.82, 2.24) is 0 Å². The maximum atomic E-state index is 7.92. The minimum atomic E-state index is -1.10. The Morgan fingerprint density at radius 1 is 1.00 bits per heavy atom. The summed E-state index contributed by atoms with van der Waals surface area (Å²) in [6, 6.07) is 0. The van der Waals surface area contributed by atoms with Crippen LogP contribution in [-0.2, 0) is 0 Å². The fourth-order valence-corrected chi connectivity index (χ4v) is 1050. The molecule has 0 N–H and O–H groups in total. The second-order valence-corrected chi connectivity index (χ2v) is 212. The molecule has 0 heterocycles. The van der Waals surface area contributed by atoms with Crippen LogP contribution in [0.3, 0.4) is 0 Å². The molecule has 0 saturated heterocycles. The molecule has 0 rings (SSSR count). The zero-order valence-corrected chi connectivity index (χ0v) is 27.9. The first kappa shape index (κ1) is 17.1. The van der Waals surface area contributed by atoms with E-state index in [1.54, 1.807) is 0 Å². The van der Waals surface area contributed by atoms with Crippen molar-refractivity contribution in [2.75, 3.05) is 0 Å². The Morgan fingerprint density at radius 3 is 1.73 bits per heavy atom. The van der Waals surface area contributed by atoms with Gasteiger partial charge in [0, 0.05) is 0 Å². The molecule has 0 bridgehead atoms. The molecule has 0 aromatic rings. The molecule has 0 atom stereocenters. The predicted molar refractivity (Wildman–Crippen MR) is 156 cm³/mol. The van der Waals surface area contributed by atoms with Crippen molar-refractivity contribution < 1.29 is 0 Å². The van der Waals surface area contributed by atoms with Gasteiger partial charge in [0.05, 0.1) is 0 Å². The van der Waals surface area contributed by atoms with E-state index in [0.717, 1.165) is 0 Å². The maximum absolute atomic E-state index is 7.92. The van der Waals surface area contributed by atoms with Gasteiger partial charge in [-0.1, -0.05) is 0 Å². The van der Waals surface area contributed by atoms with Crippen LogP contribution < -0.4 is 0 Å². The summed E-state index contributed by atoms with van der Waals surface area (Å²) in [6.07, 6.45) is 0. The Bertz CT molecular complexity index is 104. The molecule has 0 aliphatic carbocycles. The molecule has 0 amide bonds. The molecule has 0 unspecified atom stereocenters. The second-order valence-electron chi connectivity index (χ2n) is 0.702. The quantitative estimate of drug-likeness (QED) is 0.247. The topological polar surface area (TPSA) is 0 Å². The zero-order chi connectivity index (χ0) is 9.89. The van der Waals surface area contributed by atoms with Crippen molar-refractivity contribution in [1.29, 1.82) is 0.594 Å². The Hall–Kier alpha value is 8.03. The molecule has 0 aromatic carbocycles. The molecule has 0 saturated carbocycles. The first-order chi connectivity index (χ1) is 5.37. The second kappa shape index (κ2) is 11.8. The molecule has 0 aliphatic heterocycles. The van der Waals surface area contributed by atoms with Gasteiger partial charge in [0.2, 0.25) is 0 Å². The molecular weight excluding hydrogens is 1400 g/mol. The Kier molecular flexibility index (Phi) is 18.4. The van der Waals surface area contributed by atoms with E-state index in [2.05, 4.69) is 112 Å². The van der Waals surface area contributed by atoms with Crippen molar-refractivity contribution in [3.63, 3.8) is 0 Å². The third-order valence-electron chi connectivity index (χ3n) is 0.286. The summed E-state index contributed by atoms with van der Waals surface area (Å²) >= 11 is 15.4. The monoisotopic (exact) mass is 1400 g/mol. The van der Waals surface area contributed by atoms with Gasteiger partial charge in [-0.2, -0.15) is 0 Å². The zero-order valence-electron chi connectivity index (χ0n) is 5.16. The summed E-state index contributed by atoms with van der Waals surface area (Å²) < 4.78 is 7.92. The van der Waals surface area contributed by atoms with Crippen LogP contribution in [0.5, 0.6) is 0 Å². The van der Waals surface area contributed by atoms with Crippen LogP contribution in [0, 0.1) is 0 Å². The van der Waals surface area contributed by atoms with E-state index in [9.17, 15) is 0 Å². The number of hydrogen-bond donors (Lipinski definition) is 0. The molecule has 0 radical (unpaired) electrons. The van der Waals surface area contributed by atoms with Crippen molar-refractivity contribution >= 4 is 156 Å². The van der Waals surface area contributed by atoms with E-state index < -0.39 is 44.6 Å². The van der Waals surface area contributed by atoms with Gasteiger partial charge in [0.15, 0.2) is 0 Å². The Morgan fingerprint density at radius 2 is 1.45 bits per heavy atom. The summed E-state index contributed by atoms with van der Waals surface area (Å²) in [6.45, 7) is 0. The molecule has 0 aromatic heterocycles. The average molecular weight is 1400 g/mol. The van der Waals surface area contributed by atoms with Crippen molar-refractivity contribution in [2.24, 2.45) is 0 Å². The van der Waals surface area contributed by atoms with Crippen LogP contribution in [0.15, 0.2) is 0 Å². The number of halogens is 11. The van der Waals surface area contributed by atoms with E-state index in [1.807, 2.05) is 0 Å². The number of rotatable bonds is 4. The van der Waals surface area contributed by atoms with Gasteiger partial charge in [-0.3, -0.25) is 0 Å². The summed E-state index contributed by atoms with van der Waals surface area (Å²) in [5.74, 6) is 0. The van der Waals surface area contributed by atoms with Crippen LogP contribution >= 0.6 is 156 Å². The van der Waals surface area contributed by atoms with Crippen LogP contribution in [-0.4, -0.2) is 0.594 Å². The van der Waals surface area contributed by atoms with Crippen LogP contribution in [0.4, 0.5) is 0 Å². The van der Waals surface area contributed by atoms with Gasteiger partial charge in [0.25, 0.3) is 0 Å². The van der Waals surface area contributed by atoms with Gasteiger partial charge < -0.3 is 0 Å². The third-order valence-corrected chi connectivity index (χ3v) is 579. The van der Waals surface area contributed by atoms with Gasteiger partial charge in [-0.25, -0.2) is 0 Å². The summed E-state index contributed by atoms with van der Waals surface area (Å²) in [7, 11) is -2.03. The fraction of sp³-hybridized carbons (Fsp3) is 0. The molecule has 11 heteroatoms. The fourth-order valence-electron chi connectivity index (χ4n) is 0.0771.